The van der Waals surface area contributed by atoms with Gasteiger partial charge in [0.25, 0.3) is 0 Å². The lowest BCUT2D eigenvalue weighted by Crippen LogP contribution is -2.39. The van der Waals surface area contributed by atoms with Crippen LogP contribution in [0.25, 0.3) is 0 Å². The van der Waals surface area contributed by atoms with Gasteiger partial charge in [0.2, 0.25) is 5.89 Å². The highest BCUT2D eigenvalue weighted by molar-refractivity contribution is 14.0. The molecule has 0 spiro atoms. The van der Waals surface area contributed by atoms with Crippen LogP contribution >= 0.6 is 24.0 Å². The van der Waals surface area contributed by atoms with Crippen LogP contribution < -0.4 is 5.32 Å². The van der Waals surface area contributed by atoms with Crippen molar-refractivity contribution >= 4 is 29.9 Å². The maximum Gasteiger partial charge on any atom is 0.228 e. The van der Waals surface area contributed by atoms with Crippen molar-refractivity contribution in [3.05, 3.63) is 23.9 Å². The fraction of sp³-hybridized carbons (Fsp3) is 0.643. The average molecular weight is 448 g/mol. The number of aliphatic imine (C=N–C) groups is 1. The van der Waals surface area contributed by atoms with Crippen LogP contribution in [0, 0.1) is 0 Å². The second-order valence-corrected chi connectivity index (χ2v) is 5.58. The molecule has 2 aromatic heterocycles. The zero-order chi connectivity index (χ0) is 16.8. The van der Waals surface area contributed by atoms with E-state index in [1.54, 1.807) is 18.1 Å². The van der Waals surface area contributed by atoms with E-state index in [2.05, 4.69) is 30.5 Å². The maximum absolute atomic E-state index is 5.23. The molecule has 10 heteroatoms. The van der Waals surface area contributed by atoms with Crippen LogP contribution in [0.4, 0.5) is 0 Å². The van der Waals surface area contributed by atoms with Crippen LogP contribution in [0.5, 0.6) is 0 Å². The Hall–Kier alpha value is -1.72. The van der Waals surface area contributed by atoms with Gasteiger partial charge in [0.1, 0.15) is 12.2 Å². The largest absolute Gasteiger partial charge is 0.356 e. The van der Waals surface area contributed by atoms with E-state index >= 15 is 0 Å². The van der Waals surface area contributed by atoms with E-state index in [0.29, 0.717) is 25.4 Å². The molecule has 0 unspecified atom stereocenters. The third-order valence-corrected chi connectivity index (χ3v) is 3.38. The van der Waals surface area contributed by atoms with Crippen LogP contribution in [-0.2, 0) is 20.0 Å². The standard InChI is InChI=1S/C14H24N8O.HI/c1-10(2)13-19-12(23-20-13)6-7-16-14(15-3)21(4)8-11-17-9-18-22(11)5;/h9-10H,6-8H2,1-5H3,(H,15,16);1H. The van der Waals surface area contributed by atoms with E-state index < -0.39 is 0 Å². The molecule has 0 radical (unpaired) electrons. The van der Waals surface area contributed by atoms with Gasteiger partial charge in [-0.2, -0.15) is 10.1 Å². The number of nitrogens with zero attached hydrogens (tertiary/aromatic N) is 7. The number of hydrogen-bond donors (Lipinski definition) is 1. The van der Waals surface area contributed by atoms with Crippen molar-refractivity contribution in [2.24, 2.45) is 12.0 Å². The van der Waals surface area contributed by atoms with Gasteiger partial charge in [-0.25, -0.2) is 4.98 Å². The average Bonchev–Trinajstić information content (AvgIpc) is 3.13. The first kappa shape index (κ1) is 20.3. The number of guanidine groups is 1. The molecule has 24 heavy (non-hydrogen) atoms. The van der Waals surface area contributed by atoms with Crippen molar-refractivity contribution in [3.8, 4) is 0 Å². The van der Waals surface area contributed by atoms with Gasteiger partial charge in [-0.3, -0.25) is 9.67 Å². The molecule has 0 saturated carbocycles. The van der Waals surface area contributed by atoms with Gasteiger partial charge in [-0.15, -0.1) is 24.0 Å². The van der Waals surface area contributed by atoms with E-state index in [1.807, 2.05) is 32.8 Å². The molecule has 134 valence electrons. The lowest BCUT2D eigenvalue weighted by atomic mass is 10.2. The Kier molecular flexibility index (Phi) is 8.08. The van der Waals surface area contributed by atoms with Gasteiger partial charge in [-0.05, 0) is 0 Å². The van der Waals surface area contributed by atoms with Crippen molar-refractivity contribution in [2.45, 2.75) is 32.7 Å². The van der Waals surface area contributed by atoms with Gasteiger partial charge in [0.15, 0.2) is 11.8 Å². The summed E-state index contributed by atoms with van der Waals surface area (Å²) in [6.07, 6.45) is 2.19. The Balaban J connectivity index is 0.00000288. The highest BCUT2D eigenvalue weighted by Gasteiger charge is 2.12. The molecule has 0 amide bonds. The van der Waals surface area contributed by atoms with Crippen LogP contribution in [0.15, 0.2) is 15.8 Å². The topological polar surface area (TPSA) is 97.3 Å². The smallest absolute Gasteiger partial charge is 0.228 e. The molecule has 0 aliphatic rings. The number of hydrogen-bond acceptors (Lipinski definition) is 6. The van der Waals surface area contributed by atoms with Crippen LogP contribution in [-0.4, -0.2) is 56.4 Å². The molecule has 0 aliphatic heterocycles. The molecule has 0 atom stereocenters. The van der Waals surface area contributed by atoms with E-state index in [4.69, 9.17) is 4.52 Å². The number of halogens is 1. The summed E-state index contributed by atoms with van der Waals surface area (Å²) in [5, 5.41) is 11.3. The Bertz CT molecular complexity index is 651. The number of aromatic nitrogens is 5. The second-order valence-electron chi connectivity index (χ2n) is 5.58. The highest BCUT2D eigenvalue weighted by Crippen LogP contribution is 2.09. The molecule has 1 N–H and O–H groups in total. The lowest BCUT2D eigenvalue weighted by molar-refractivity contribution is 0.370. The first-order chi connectivity index (χ1) is 11.0. The molecular weight excluding hydrogens is 423 g/mol. The Morgan fingerprint density at radius 2 is 2.21 bits per heavy atom. The fourth-order valence-electron chi connectivity index (χ4n) is 2.02. The van der Waals surface area contributed by atoms with Crippen LogP contribution in [0.3, 0.4) is 0 Å². The molecule has 0 bridgehead atoms. The molecule has 2 aromatic rings. The highest BCUT2D eigenvalue weighted by atomic mass is 127. The molecule has 2 heterocycles. The zero-order valence-corrected chi connectivity index (χ0v) is 17.1. The molecule has 9 nitrogen and oxygen atoms in total. The van der Waals surface area contributed by atoms with Crippen molar-refractivity contribution in [3.63, 3.8) is 0 Å². The molecule has 0 fully saturated rings. The van der Waals surface area contributed by atoms with Crippen LogP contribution in [0.2, 0.25) is 0 Å². The number of aryl methyl sites for hydroxylation is 1. The molecule has 0 saturated heterocycles. The van der Waals surface area contributed by atoms with Crippen molar-refractivity contribution in [2.75, 3.05) is 20.6 Å². The van der Waals surface area contributed by atoms with Gasteiger partial charge >= 0.3 is 0 Å². The summed E-state index contributed by atoms with van der Waals surface area (Å²) in [7, 11) is 5.57. The van der Waals surface area contributed by atoms with Gasteiger partial charge in [0.05, 0.1) is 6.54 Å². The maximum atomic E-state index is 5.23. The predicted octanol–water partition coefficient (Wildman–Crippen LogP) is 1.19. The third kappa shape index (κ3) is 5.42. The summed E-state index contributed by atoms with van der Waals surface area (Å²) in [6.45, 7) is 5.36. The fourth-order valence-corrected chi connectivity index (χ4v) is 2.02. The number of nitrogens with one attached hydrogen (secondary N) is 1. The Morgan fingerprint density at radius 3 is 2.75 bits per heavy atom. The van der Waals surface area contributed by atoms with Crippen molar-refractivity contribution in [1.29, 1.82) is 0 Å². The minimum atomic E-state index is 0. The first-order valence-electron chi connectivity index (χ1n) is 7.58. The van der Waals surface area contributed by atoms with Gasteiger partial charge in [0, 0.05) is 40.0 Å². The number of rotatable bonds is 6. The predicted molar refractivity (Wildman–Crippen MR) is 101 cm³/mol. The summed E-state index contributed by atoms with van der Waals surface area (Å²) < 4.78 is 6.97. The van der Waals surface area contributed by atoms with E-state index in [1.165, 1.54) is 0 Å². The van der Waals surface area contributed by atoms with E-state index in [0.717, 1.165) is 17.6 Å². The van der Waals surface area contributed by atoms with E-state index in [9.17, 15) is 0 Å². The second kappa shape index (κ2) is 9.55. The zero-order valence-electron chi connectivity index (χ0n) is 14.7. The SMILES string of the molecule is CN=C(NCCc1nc(C(C)C)no1)N(C)Cc1ncnn1C.I. The van der Waals surface area contributed by atoms with E-state index in [-0.39, 0.29) is 29.9 Å². The Labute approximate surface area is 158 Å². The minimum absolute atomic E-state index is 0. The molecule has 2 rings (SSSR count). The summed E-state index contributed by atoms with van der Waals surface area (Å²) in [5.41, 5.74) is 0. The summed E-state index contributed by atoms with van der Waals surface area (Å²) in [6, 6.07) is 0. The molecular formula is C14H25IN8O. The molecule has 0 aromatic carbocycles. The molecule has 0 aliphatic carbocycles. The first-order valence-corrected chi connectivity index (χ1v) is 7.58. The van der Waals surface area contributed by atoms with Gasteiger partial charge < -0.3 is 14.7 Å². The summed E-state index contributed by atoms with van der Waals surface area (Å²) in [4.78, 5) is 14.8. The van der Waals surface area contributed by atoms with Crippen molar-refractivity contribution in [1.82, 2.24) is 35.1 Å². The van der Waals surface area contributed by atoms with Crippen molar-refractivity contribution < 1.29 is 4.52 Å². The monoisotopic (exact) mass is 448 g/mol. The Morgan fingerprint density at radius 1 is 1.46 bits per heavy atom. The third-order valence-electron chi connectivity index (χ3n) is 3.38. The lowest BCUT2D eigenvalue weighted by Gasteiger charge is -2.21. The minimum Gasteiger partial charge on any atom is -0.356 e. The normalized spacial score (nSPS) is 11.5. The quantitative estimate of drug-likeness (QED) is 0.403. The van der Waals surface area contributed by atoms with Gasteiger partial charge in [-0.1, -0.05) is 19.0 Å². The summed E-state index contributed by atoms with van der Waals surface area (Å²) >= 11 is 0. The van der Waals surface area contributed by atoms with Crippen LogP contribution in [0.1, 0.15) is 37.3 Å². The summed E-state index contributed by atoms with van der Waals surface area (Å²) in [5.74, 6) is 3.28.